The molecule has 2 rings (SSSR count). The Balaban J connectivity index is 1.82. The van der Waals surface area contributed by atoms with E-state index in [0.717, 1.165) is 32.5 Å². The lowest BCUT2D eigenvalue weighted by atomic mass is 10.0. The van der Waals surface area contributed by atoms with Crippen molar-refractivity contribution < 1.29 is 14.3 Å². The summed E-state index contributed by atoms with van der Waals surface area (Å²) in [5.41, 5.74) is 0.666. The van der Waals surface area contributed by atoms with Crippen molar-refractivity contribution in [2.45, 2.75) is 38.6 Å². The van der Waals surface area contributed by atoms with E-state index in [2.05, 4.69) is 26.9 Å². The normalized spacial score (nSPS) is 16.1. The van der Waals surface area contributed by atoms with Gasteiger partial charge in [-0.15, -0.1) is 0 Å². The third kappa shape index (κ3) is 5.03. The van der Waals surface area contributed by atoms with E-state index in [4.69, 9.17) is 0 Å². The Morgan fingerprint density at radius 2 is 2.09 bits per heavy atom. The first-order chi connectivity index (χ1) is 11.1. The van der Waals surface area contributed by atoms with Gasteiger partial charge in [0.15, 0.2) is 0 Å². The number of piperidine rings is 1. The molecule has 1 aliphatic heterocycles. The summed E-state index contributed by atoms with van der Waals surface area (Å²) in [6.07, 6.45) is 5.75. The van der Waals surface area contributed by atoms with Crippen LogP contribution >= 0.6 is 0 Å². The highest BCUT2D eigenvalue weighted by Gasteiger charge is 2.21. The third-order valence-electron chi connectivity index (χ3n) is 4.17. The van der Waals surface area contributed by atoms with Crippen molar-refractivity contribution in [2.75, 3.05) is 26.7 Å². The van der Waals surface area contributed by atoms with Gasteiger partial charge in [0.1, 0.15) is 5.69 Å². The van der Waals surface area contributed by atoms with Gasteiger partial charge in [0, 0.05) is 25.3 Å². The number of esters is 1. The molecule has 6 heteroatoms. The number of carbonyl (C=O) groups excluding carboxylic acids is 2. The first kappa shape index (κ1) is 17.4. The molecule has 1 N–H and O–H groups in total. The molecular weight excluding hydrogens is 294 g/mol. The van der Waals surface area contributed by atoms with E-state index in [1.807, 2.05) is 0 Å². The minimum Gasteiger partial charge on any atom is -0.465 e. The molecule has 1 fully saturated rings. The molecule has 1 aromatic rings. The molecule has 6 nitrogen and oxygen atoms in total. The molecule has 0 aromatic carbocycles. The van der Waals surface area contributed by atoms with E-state index in [9.17, 15) is 9.59 Å². The molecule has 0 saturated carbocycles. The molecule has 1 aliphatic rings. The van der Waals surface area contributed by atoms with Crippen LogP contribution in [-0.2, 0) is 4.74 Å². The van der Waals surface area contributed by atoms with Crippen molar-refractivity contribution in [3.05, 3.63) is 29.6 Å². The Bertz CT molecular complexity index is 522. The van der Waals surface area contributed by atoms with Crippen LogP contribution in [0.1, 0.15) is 53.5 Å². The van der Waals surface area contributed by atoms with Crippen LogP contribution in [0.4, 0.5) is 0 Å². The van der Waals surface area contributed by atoms with Gasteiger partial charge in [-0.25, -0.2) is 4.79 Å². The van der Waals surface area contributed by atoms with Crippen LogP contribution in [-0.4, -0.2) is 54.5 Å². The standard InChI is InChI=1S/C17H25N3O3/c1-3-4-9-20-10-7-14(8-11-20)19-16(21)15-6-5-13(12-18-15)17(22)23-2/h5-6,12,14H,3-4,7-11H2,1-2H3,(H,19,21). The number of pyridine rings is 1. The van der Waals surface area contributed by atoms with Gasteiger partial charge in [-0.3, -0.25) is 9.78 Å². The van der Waals surface area contributed by atoms with E-state index in [0.29, 0.717) is 11.3 Å². The number of rotatable bonds is 6. The zero-order valence-corrected chi connectivity index (χ0v) is 13.9. The first-order valence-electron chi connectivity index (χ1n) is 8.21. The number of hydrogen-bond acceptors (Lipinski definition) is 5. The third-order valence-corrected chi connectivity index (χ3v) is 4.17. The van der Waals surface area contributed by atoms with Crippen LogP contribution in [0.25, 0.3) is 0 Å². The van der Waals surface area contributed by atoms with Crippen molar-refractivity contribution >= 4 is 11.9 Å². The molecular formula is C17H25N3O3. The molecule has 2 heterocycles. The molecule has 0 spiro atoms. The summed E-state index contributed by atoms with van der Waals surface area (Å²) in [7, 11) is 1.32. The topological polar surface area (TPSA) is 71.5 Å². The molecule has 23 heavy (non-hydrogen) atoms. The molecule has 1 amide bonds. The van der Waals surface area contributed by atoms with Gasteiger partial charge in [-0.2, -0.15) is 0 Å². The second kappa shape index (κ2) is 8.62. The number of ether oxygens (including phenoxy) is 1. The summed E-state index contributed by atoms with van der Waals surface area (Å²) in [6, 6.07) is 3.31. The molecule has 126 valence electrons. The van der Waals surface area contributed by atoms with E-state index in [-0.39, 0.29) is 11.9 Å². The van der Waals surface area contributed by atoms with Gasteiger partial charge < -0.3 is 15.0 Å². The maximum absolute atomic E-state index is 12.2. The van der Waals surface area contributed by atoms with Gasteiger partial charge in [-0.1, -0.05) is 13.3 Å². The van der Waals surface area contributed by atoms with E-state index in [1.165, 1.54) is 26.1 Å². The van der Waals surface area contributed by atoms with E-state index >= 15 is 0 Å². The molecule has 0 unspecified atom stereocenters. The van der Waals surface area contributed by atoms with E-state index < -0.39 is 5.97 Å². The van der Waals surface area contributed by atoms with Gasteiger partial charge >= 0.3 is 5.97 Å². The average Bonchev–Trinajstić information content (AvgIpc) is 2.60. The minimum absolute atomic E-state index is 0.187. The first-order valence-corrected chi connectivity index (χ1v) is 8.21. The Morgan fingerprint density at radius 3 is 2.65 bits per heavy atom. The molecule has 0 bridgehead atoms. The predicted molar refractivity (Wildman–Crippen MR) is 87.4 cm³/mol. The number of aromatic nitrogens is 1. The smallest absolute Gasteiger partial charge is 0.339 e. The second-order valence-corrected chi connectivity index (χ2v) is 5.87. The Hall–Kier alpha value is -1.95. The van der Waals surface area contributed by atoms with Crippen LogP contribution < -0.4 is 5.32 Å². The molecule has 0 radical (unpaired) electrons. The number of hydrogen-bond donors (Lipinski definition) is 1. The van der Waals surface area contributed by atoms with Crippen LogP contribution in [0.5, 0.6) is 0 Å². The fourth-order valence-electron chi connectivity index (χ4n) is 2.71. The van der Waals surface area contributed by atoms with Gasteiger partial charge in [0.2, 0.25) is 0 Å². The highest BCUT2D eigenvalue weighted by Crippen LogP contribution is 2.12. The summed E-state index contributed by atoms with van der Waals surface area (Å²) in [6.45, 7) is 5.40. The Labute approximate surface area is 137 Å². The zero-order valence-electron chi connectivity index (χ0n) is 13.9. The van der Waals surface area contributed by atoms with Crippen molar-refractivity contribution in [2.24, 2.45) is 0 Å². The van der Waals surface area contributed by atoms with Crippen molar-refractivity contribution in [1.82, 2.24) is 15.2 Å². The summed E-state index contributed by atoms with van der Waals surface area (Å²) >= 11 is 0. The number of carbonyl (C=O) groups is 2. The quantitative estimate of drug-likeness (QED) is 0.810. The van der Waals surface area contributed by atoms with Gasteiger partial charge in [0.25, 0.3) is 5.91 Å². The summed E-state index contributed by atoms with van der Waals surface area (Å²) in [4.78, 5) is 30.1. The lowest BCUT2D eigenvalue weighted by Gasteiger charge is -2.32. The SMILES string of the molecule is CCCCN1CCC(NC(=O)c2ccc(C(=O)OC)cn2)CC1. The number of unbranched alkanes of at least 4 members (excludes halogenated alkanes) is 1. The number of methoxy groups -OCH3 is 1. The number of likely N-dealkylation sites (tertiary alicyclic amines) is 1. The lowest BCUT2D eigenvalue weighted by molar-refractivity contribution is 0.0599. The van der Waals surface area contributed by atoms with E-state index in [1.54, 1.807) is 12.1 Å². The predicted octanol–water partition coefficient (Wildman–Crippen LogP) is 1.86. The summed E-state index contributed by atoms with van der Waals surface area (Å²) in [5, 5.41) is 3.03. The Kier molecular flexibility index (Phi) is 6.52. The molecule has 1 aromatic heterocycles. The second-order valence-electron chi connectivity index (χ2n) is 5.87. The largest absolute Gasteiger partial charge is 0.465 e. The number of nitrogens with one attached hydrogen (secondary N) is 1. The zero-order chi connectivity index (χ0) is 16.7. The molecule has 0 atom stereocenters. The number of nitrogens with zero attached hydrogens (tertiary/aromatic N) is 2. The highest BCUT2D eigenvalue weighted by atomic mass is 16.5. The van der Waals surface area contributed by atoms with Crippen LogP contribution in [0.2, 0.25) is 0 Å². The fraction of sp³-hybridized carbons (Fsp3) is 0.588. The van der Waals surface area contributed by atoms with Crippen LogP contribution in [0.15, 0.2) is 18.3 Å². The maximum Gasteiger partial charge on any atom is 0.339 e. The highest BCUT2D eigenvalue weighted by molar-refractivity contribution is 5.94. The maximum atomic E-state index is 12.2. The van der Waals surface area contributed by atoms with Crippen molar-refractivity contribution in [1.29, 1.82) is 0 Å². The van der Waals surface area contributed by atoms with Crippen LogP contribution in [0.3, 0.4) is 0 Å². The lowest BCUT2D eigenvalue weighted by Crippen LogP contribution is -2.45. The summed E-state index contributed by atoms with van der Waals surface area (Å²) < 4.78 is 4.61. The van der Waals surface area contributed by atoms with Crippen LogP contribution in [0, 0.1) is 0 Å². The molecule has 0 aliphatic carbocycles. The summed E-state index contributed by atoms with van der Waals surface area (Å²) in [5.74, 6) is -0.641. The van der Waals surface area contributed by atoms with Crippen molar-refractivity contribution in [3.8, 4) is 0 Å². The fourth-order valence-corrected chi connectivity index (χ4v) is 2.71. The molecule has 1 saturated heterocycles. The minimum atomic E-state index is -0.455. The number of amides is 1. The monoisotopic (exact) mass is 319 g/mol. The van der Waals surface area contributed by atoms with Gasteiger partial charge in [-0.05, 0) is 37.9 Å². The van der Waals surface area contributed by atoms with Crippen molar-refractivity contribution in [3.63, 3.8) is 0 Å². The Morgan fingerprint density at radius 1 is 1.35 bits per heavy atom. The average molecular weight is 319 g/mol. The van der Waals surface area contributed by atoms with Gasteiger partial charge in [0.05, 0.1) is 12.7 Å².